The van der Waals surface area contributed by atoms with E-state index in [-0.39, 0.29) is 23.2 Å². The molecular weight excluding hydrogens is 338 g/mol. The molecule has 0 N–H and O–H groups in total. The number of benzene rings is 1. The predicted octanol–water partition coefficient (Wildman–Crippen LogP) is 4.73. The fraction of sp³-hybridized carbons (Fsp3) is 0.200. The van der Waals surface area contributed by atoms with Crippen LogP contribution in [0.4, 0.5) is 26.3 Å². The summed E-state index contributed by atoms with van der Waals surface area (Å²) in [6.45, 7) is 0. The summed E-state index contributed by atoms with van der Waals surface area (Å²) >= 11 is 0. The van der Waals surface area contributed by atoms with Crippen LogP contribution < -0.4 is 4.74 Å². The Balaban J connectivity index is 2.44. The van der Waals surface area contributed by atoms with Crippen molar-refractivity contribution in [1.82, 2.24) is 4.98 Å². The quantitative estimate of drug-likeness (QED) is 0.755. The van der Waals surface area contributed by atoms with Crippen LogP contribution in [0.1, 0.15) is 11.3 Å². The van der Waals surface area contributed by atoms with Crippen molar-refractivity contribution in [3.8, 4) is 22.9 Å². The van der Waals surface area contributed by atoms with Crippen molar-refractivity contribution >= 4 is 0 Å². The van der Waals surface area contributed by atoms with Crippen LogP contribution in [0.25, 0.3) is 11.1 Å². The summed E-state index contributed by atoms with van der Waals surface area (Å²) in [4.78, 5) is 3.64. The van der Waals surface area contributed by atoms with E-state index in [1.165, 1.54) is 12.1 Å². The average molecular weight is 346 g/mol. The molecule has 0 atom stereocenters. The number of alkyl halides is 6. The van der Waals surface area contributed by atoms with Gasteiger partial charge in [-0.25, -0.2) is 0 Å². The minimum absolute atomic E-state index is 0.0185. The van der Waals surface area contributed by atoms with E-state index in [1.807, 2.05) is 0 Å². The topological polar surface area (TPSA) is 45.9 Å². The van der Waals surface area contributed by atoms with Crippen LogP contribution in [0.15, 0.2) is 36.5 Å². The molecule has 0 bridgehead atoms. The normalized spacial score (nSPS) is 11.9. The first kappa shape index (κ1) is 17.6. The zero-order chi connectivity index (χ0) is 18.0. The van der Waals surface area contributed by atoms with Crippen LogP contribution >= 0.6 is 0 Å². The Labute approximate surface area is 132 Å². The number of halogens is 6. The van der Waals surface area contributed by atoms with Crippen LogP contribution in [-0.2, 0) is 12.6 Å². The van der Waals surface area contributed by atoms with E-state index in [4.69, 9.17) is 5.26 Å². The lowest BCUT2D eigenvalue weighted by Gasteiger charge is -2.13. The molecule has 0 saturated heterocycles. The minimum atomic E-state index is -4.87. The van der Waals surface area contributed by atoms with Gasteiger partial charge >= 0.3 is 12.5 Å². The standard InChI is InChI=1S/C15H8F6N2O/c16-14(17,18)10-7-12(13(5-6-22)23-8-10)9-1-3-11(4-2-9)24-15(19,20)21/h1-4,7-8H,5H2. The third kappa shape index (κ3) is 4.38. The van der Waals surface area contributed by atoms with Crippen LogP contribution in [0.5, 0.6) is 5.75 Å². The number of nitriles is 1. The number of pyridine rings is 1. The van der Waals surface area contributed by atoms with Gasteiger partial charge in [0.25, 0.3) is 0 Å². The van der Waals surface area contributed by atoms with Gasteiger partial charge in [-0.3, -0.25) is 4.98 Å². The highest BCUT2D eigenvalue weighted by Gasteiger charge is 2.32. The first-order valence-electron chi connectivity index (χ1n) is 6.39. The molecule has 126 valence electrons. The van der Waals surface area contributed by atoms with Gasteiger partial charge < -0.3 is 4.74 Å². The van der Waals surface area contributed by atoms with Crippen molar-refractivity contribution in [2.45, 2.75) is 19.0 Å². The third-order valence-electron chi connectivity index (χ3n) is 2.94. The Hall–Kier alpha value is -2.76. The fourth-order valence-corrected chi connectivity index (χ4v) is 1.95. The molecule has 24 heavy (non-hydrogen) atoms. The summed E-state index contributed by atoms with van der Waals surface area (Å²) in [5.74, 6) is -0.506. The highest BCUT2D eigenvalue weighted by Crippen LogP contribution is 2.34. The number of hydrogen-bond acceptors (Lipinski definition) is 3. The molecule has 0 saturated carbocycles. The minimum Gasteiger partial charge on any atom is -0.406 e. The molecule has 0 unspecified atom stereocenters. The molecule has 3 nitrogen and oxygen atoms in total. The zero-order valence-electron chi connectivity index (χ0n) is 11.7. The van der Waals surface area contributed by atoms with Crippen LogP contribution in [0.2, 0.25) is 0 Å². The maximum absolute atomic E-state index is 12.8. The summed E-state index contributed by atoms with van der Waals surface area (Å²) in [5.41, 5.74) is -0.719. The van der Waals surface area contributed by atoms with Crippen molar-refractivity contribution in [3.63, 3.8) is 0 Å². The van der Waals surface area contributed by atoms with Crippen LogP contribution in [0, 0.1) is 11.3 Å². The van der Waals surface area contributed by atoms with Gasteiger partial charge in [0.05, 0.1) is 23.7 Å². The lowest BCUT2D eigenvalue weighted by atomic mass is 10.0. The maximum Gasteiger partial charge on any atom is 0.573 e. The first-order valence-corrected chi connectivity index (χ1v) is 6.39. The van der Waals surface area contributed by atoms with Crippen molar-refractivity contribution < 1.29 is 31.1 Å². The number of rotatable bonds is 3. The SMILES string of the molecule is N#CCc1ncc(C(F)(F)F)cc1-c1ccc(OC(F)(F)F)cc1. The second kappa shape index (κ2) is 6.39. The van der Waals surface area contributed by atoms with Gasteiger partial charge in [0.2, 0.25) is 0 Å². The van der Waals surface area contributed by atoms with E-state index in [2.05, 4.69) is 9.72 Å². The Kier molecular flexibility index (Phi) is 4.68. The third-order valence-corrected chi connectivity index (χ3v) is 2.94. The van der Waals surface area contributed by atoms with E-state index in [0.29, 0.717) is 6.20 Å². The van der Waals surface area contributed by atoms with Crippen molar-refractivity contribution in [2.24, 2.45) is 0 Å². The summed E-state index contributed by atoms with van der Waals surface area (Å²) in [7, 11) is 0. The predicted molar refractivity (Wildman–Crippen MR) is 70.7 cm³/mol. The lowest BCUT2D eigenvalue weighted by molar-refractivity contribution is -0.274. The molecular formula is C15H8F6N2O. The molecule has 0 aliphatic rings. The molecule has 9 heteroatoms. The number of hydrogen-bond donors (Lipinski definition) is 0. The Morgan fingerprint density at radius 3 is 2.17 bits per heavy atom. The smallest absolute Gasteiger partial charge is 0.406 e. The molecule has 1 aromatic carbocycles. The lowest BCUT2D eigenvalue weighted by Crippen LogP contribution is -2.16. The fourth-order valence-electron chi connectivity index (χ4n) is 1.95. The molecule has 0 aliphatic carbocycles. The maximum atomic E-state index is 12.8. The van der Waals surface area contributed by atoms with E-state index in [0.717, 1.165) is 18.2 Å². The van der Waals surface area contributed by atoms with Crippen LogP contribution in [-0.4, -0.2) is 11.3 Å². The summed E-state index contributed by atoms with van der Waals surface area (Å²) in [6, 6.07) is 6.86. The van der Waals surface area contributed by atoms with Gasteiger partial charge in [0.1, 0.15) is 5.75 Å². The summed E-state index contributed by atoms with van der Waals surface area (Å²) in [6.07, 6.45) is -9.14. The highest BCUT2D eigenvalue weighted by molar-refractivity contribution is 5.67. The molecule has 0 fully saturated rings. The van der Waals surface area contributed by atoms with Crippen LogP contribution in [0.3, 0.4) is 0 Å². The summed E-state index contributed by atoms with van der Waals surface area (Å²) in [5, 5.41) is 8.73. The highest BCUT2D eigenvalue weighted by atomic mass is 19.4. The zero-order valence-corrected chi connectivity index (χ0v) is 11.7. The molecule has 2 aromatic rings. The second-order valence-corrected chi connectivity index (χ2v) is 4.62. The Morgan fingerprint density at radius 2 is 1.67 bits per heavy atom. The number of ether oxygens (including phenoxy) is 1. The number of nitrogens with zero attached hydrogens (tertiary/aromatic N) is 2. The average Bonchev–Trinajstić information content (AvgIpc) is 2.46. The van der Waals surface area contributed by atoms with Crippen molar-refractivity contribution in [3.05, 3.63) is 47.8 Å². The summed E-state index contributed by atoms with van der Waals surface area (Å²) < 4.78 is 78.5. The van der Waals surface area contributed by atoms with Crippen molar-refractivity contribution in [2.75, 3.05) is 0 Å². The largest absolute Gasteiger partial charge is 0.573 e. The molecule has 0 radical (unpaired) electrons. The van der Waals surface area contributed by atoms with E-state index >= 15 is 0 Å². The molecule has 0 spiro atoms. The van der Waals surface area contributed by atoms with Gasteiger partial charge in [-0.2, -0.15) is 18.4 Å². The van der Waals surface area contributed by atoms with Crippen molar-refractivity contribution in [1.29, 1.82) is 5.26 Å². The van der Waals surface area contributed by atoms with E-state index < -0.39 is 23.9 Å². The Bertz CT molecular complexity index is 760. The van der Waals surface area contributed by atoms with Gasteiger partial charge in [-0.1, -0.05) is 12.1 Å². The van der Waals surface area contributed by atoms with E-state index in [1.54, 1.807) is 6.07 Å². The van der Waals surface area contributed by atoms with Gasteiger partial charge in [-0.15, -0.1) is 13.2 Å². The first-order chi connectivity index (χ1) is 11.1. The molecule has 1 aromatic heterocycles. The second-order valence-electron chi connectivity index (χ2n) is 4.62. The number of aromatic nitrogens is 1. The molecule has 0 amide bonds. The van der Waals surface area contributed by atoms with Gasteiger partial charge in [0, 0.05) is 11.8 Å². The van der Waals surface area contributed by atoms with Gasteiger partial charge in [0.15, 0.2) is 0 Å². The monoisotopic (exact) mass is 346 g/mol. The molecule has 1 heterocycles. The van der Waals surface area contributed by atoms with E-state index in [9.17, 15) is 26.3 Å². The Morgan fingerprint density at radius 1 is 1.04 bits per heavy atom. The van der Waals surface area contributed by atoms with Gasteiger partial charge in [-0.05, 0) is 23.8 Å². The molecule has 0 aliphatic heterocycles. The molecule has 2 rings (SSSR count).